The van der Waals surface area contributed by atoms with Crippen LogP contribution in [0, 0.1) is 0 Å². The highest BCUT2D eigenvalue weighted by atomic mass is 16.3. The van der Waals surface area contributed by atoms with E-state index in [1.165, 1.54) is 0 Å². The van der Waals surface area contributed by atoms with Gasteiger partial charge in [0.2, 0.25) is 0 Å². The molecule has 0 fully saturated rings. The van der Waals surface area contributed by atoms with Gasteiger partial charge in [0.1, 0.15) is 6.29 Å². The first-order valence-corrected chi connectivity index (χ1v) is 3.51. The van der Waals surface area contributed by atoms with E-state index in [1.807, 2.05) is 6.92 Å². The molecule has 0 bridgehead atoms. The molecular weight excluding hydrogens is 128 g/mol. The number of aliphatic hydroxyl groups excluding tert-OH is 1. The van der Waals surface area contributed by atoms with Gasteiger partial charge in [-0.05, 0) is 12.0 Å². The highest BCUT2D eigenvalue weighted by molar-refractivity contribution is 5.71. The van der Waals surface area contributed by atoms with Gasteiger partial charge in [-0.25, -0.2) is 0 Å². The number of aliphatic hydroxyl groups is 1. The molecule has 0 spiro atoms. The Morgan fingerprint density at radius 3 is 2.80 bits per heavy atom. The molecular formula is C8H14O2. The third-order valence-electron chi connectivity index (χ3n) is 1.29. The van der Waals surface area contributed by atoms with Crippen molar-refractivity contribution in [3.05, 3.63) is 12.2 Å². The van der Waals surface area contributed by atoms with Gasteiger partial charge in [-0.15, -0.1) is 0 Å². The van der Waals surface area contributed by atoms with Crippen LogP contribution in [0.1, 0.15) is 26.2 Å². The van der Waals surface area contributed by atoms with Gasteiger partial charge in [0, 0.05) is 6.42 Å². The summed E-state index contributed by atoms with van der Waals surface area (Å²) in [6.07, 6.45) is 2.40. The Hall–Kier alpha value is -0.630. The lowest BCUT2D eigenvalue weighted by Gasteiger charge is -2.06. The summed E-state index contributed by atoms with van der Waals surface area (Å²) in [5.74, 6) is 0. The van der Waals surface area contributed by atoms with Crippen molar-refractivity contribution in [2.75, 3.05) is 0 Å². The Balaban J connectivity index is 3.46. The van der Waals surface area contributed by atoms with Gasteiger partial charge in [-0.3, -0.25) is 4.79 Å². The number of aldehydes is 1. The minimum atomic E-state index is -0.386. The highest BCUT2D eigenvalue weighted by Gasteiger charge is 2.03. The van der Waals surface area contributed by atoms with E-state index in [9.17, 15) is 4.79 Å². The van der Waals surface area contributed by atoms with Crippen molar-refractivity contribution in [1.82, 2.24) is 0 Å². The minimum Gasteiger partial charge on any atom is -0.393 e. The van der Waals surface area contributed by atoms with Crippen molar-refractivity contribution in [2.24, 2.45) is 0 Å². The zero-order valence-electron chi connectivity index (χ0n) is 6.34. The van der Waals surface area contributed by atoms with Gasteiger partial charge in [0.15, 0.2) is 0 Å². The zero-order chi connectivity index (χ0) is 7.98. The lowest BCUT2D eigenvalue weighted by Crippen LogP contribution is -2.06. The van der Waals surface area contributed by atoms with Crippen LogP contribution in [0.25, 0.3) is 0 Å². The Bertz CT molecular complexity index is 118. The van der Waals surface area contributed by atoms with Crippen LogP contribution >= 0.6 is 0 Å². The monoisotopic (exact) mass is 142 g/mol. The third-order valence-corrected chi connectivity index (χ3v) is 1.29. The second kappa shape index (κ2) is 5.18. The molecule has 0 aromatic heterocycles. The molecule has 1 N–H and O–H groups in total. The predicted octanol–water partition coefficient (Wildman–Crippen LogP) is 1.29. The SMILES string of the molecule is C=C(C=O)CC(O)CCC. The fourth-order valence-electron chi connectivity index (χ4n) is 0.786. The summed E-state index contributed by atoms with van der Waals surface area (Å²) in [7, 11) is 0. The Morgan fingerprint density at radius 1 is 1.80 bits per heavy atom. The van der Waals surface area contributed by atoms with E-state index < -0.39 is 0 Å². The van der Waals surface area contributed by atoms with Crippen molar-refractivity contribution in [2.45, 2.75) is 32.3 Å². The number of carbonyl (C=O) groups excluding carboxylic acids is 1. The highest BCUT2D eigenvalue weighted by Crippen LogP contribution is 2.05. The normalized spacial score (nSPS) is 12.6. The molecule has 10 heavy (non-hydrogen) atoms. The summed E-state index contributed by atoms with van der Waals surface area (Å²) >= 11 is 0. The molecule has 1 atom stereocenters. The summed E-state index contributed by atoms with van der Waals surface area (Å²) in [5, 5.41) is 9.13. The maximum atomic E-state index is 10.0. The first-order chi connectivity index (χ1) is 4.70. The summed E-state index contributed by atoms with van der Waals surface area (Å²) in [6.45, 7) is 5.46. The average Bonchev–Trinajstić information content (AvgIpc) is 1.88. The van der Waals surface area contributed by atoms with E-state index in [2.05, 4.69) is 6.58 Å². The lowest BCUT2D eigenvalue weighted by atomic mass is 10.1. The second-order valence-electron chi connectivity index (χ2n) is 2.42. The van der Waals surface area contributed by atoms with Crippen LogP contribution in [0.5, 0.6) is 0 Å². The maximum absolute atomic E-state index is 10.0. The lowest BCUT2D eigenvalue weighted by molar-refractivity contribution is -0.105. The predicted molar refractivity (Wildman–Crippen MR) is 40.7 cm³/mol. The Labute approximate surface area is 61.6 Å². The quantitative estimate of drug-likeness (QED) is 0.464. The maximum Gasteiger partial charge on any atom is 0.145 e. The van der Waals surface area contributed by atoms with Crippen LogP contribution < -0.4 is 0 Å². The molecule has 0 rings (SSSR count). The fourth-order valence-corrected chi connectivity index (χ4v) is 0.786. The zero-order valence-corrected chi connectivity index (χ0v) is 6.34. The van der Waals surface area contributed by atoms with E-state index in [4.69, 9.17) is 5.11 Å². The van der Waals surface area contributed by atoms with Crippen molar-refractivity contribution >= 4 is 6.29 Å². The van der Waals surface area contributed by atoms with E-state index in [0.29, 0.717) is 18.3 Å². The first kappa shape index (κ1) is 9.37. The molecule has 0 aliphatic heterocycles. The summed E-state index contributed by atoms with van der Waals surface area (Å²) in [6, 6.07) is 0. The molecule has 2 heteroatoms. The van der Waals surface area contributed by atoms with Gasteiger partial charge in [0.25, 0.3) is 0 Å². The van der Waals surface area contributed by atoms with Gasteiger partial charge >= 0.3 is 0 Å². The topological polar surface area (TPSA) is 37.3 Å². The Morgan fingerprint density at radius 2 is 2.40 bits per heavy atom. The molecule has 0 aliphatic rings. The molecule has 0 aliphatic carbocycles. The molecule has 0 radical (unpaired) electrons. The number of rotatable bonds is 5. The second-order valence-corrected chi connectivity index (χ2v) is 2.42. The minimum absolute atomic E-state index is 0.386. The summed E-state index contributed by atoms with van der Waals surface area (Å²) in [4.78, 5) is 10.0. The number of carbonyl (C=O) groups is 1. The van der Waals surface area contributed by atoms with E-state index in [0.717, 1.165) is 12.8 Å². The van der Waals surface area contributed by atoms with Crippen LogP contribution in [0.3, 0.4) is 0 Å². The van der Waals surface area contributed by atoms with Gasteiger partial charge < -0.3 is 5.11 Å². The standard InChI is InChI=1S/C8H14O2/c1-3-4-8(10)5-7(2)6-9/h6,8,10H,2-5H2,1H3. The third kappa shape index (κ3) is 4.27. The van der Waals surface area contributed by atoms with E-state index in [-0.39, 0.29) is 6.10 Å². The van der Waals surface area contributed by atoms with Crippen LogP contribution in [0.15, 0.2) is 12.2 Å². The molecule has 2 nitrogen and oxygen atoms in total. The summed E-state index contributed by atoms with van der Waals surface area (Å²) in [5.41, 5.74) is 0.473. The van der Waals surface area contributed by atoms with Gasteiger partial charge in [0.05, 0.1) is 6.10 Å². The van der Waals surface area contributed by atoms with Crippen LogP contribution in [0.4, 0.5) is 0 Å². The van der Waals surface area contributed by atoms with Crippen LogP contribution in [-0.2, 0) is 4.79 Å². The van der Waals surface area contributed by atoms with Crippen LogP contribution in [0.2, 0.25) is 0 Å². The average molecular weight is 142 g/mol. The van der Waals surface area contributed by atoms with Gasteiger partial charge in [-0.1, -0.05) is 19.9 Å². The number of hydrogen-bond acceptors (Lipinski definition) is 2. The largest absolute Gasteiger partial charge is 0.393 e. The van der Waals surface area contributed by atoms with Crippen LogP contribution in [-0.4, -0.2) is 17.5 Å². The van der Waals surface area contributed by atoms with Crippen molar-refractivity contribution in [3.8, 4) is 0 Å². The van der Waals surface area contributed by atoms with Crippen molar-refractivity contribution in [3.63, 3.8) is 0 Å². The molecule has 0 saturated heterocycles. The Kier molecular flexibility index (Phi) is 4.85. The summed E-state index contributed by atoms with van der Waals surface area (Å²) < 4.78 is 0. The van der Waals surface area contributed by atoms with Crippen molar-refractivity contribution < 1.29 is 9.90 Å². The fraction of sp³-hybridized carbons (Fsp3) is 0.625. The van der Waals surface area contributed by atoms with E-state index in [1.54, 1.807) is 0 Å². The molecule has 0 aromatic rings. The van der Waals surface area contributed by atoms with Crippen molar-refractivity contribution in [1.29, 1.82) is 0 Å². The van der Waals surface area contributed by atoms with E-state index >= 15 is 0 Å². The molecule has 0 heterocycles. The number of hydrogen-bond donors (Lipinski definition) is 1. The molecule has 0 aromatic carbocycles. The van der Waals surface area contributed by atoms with Gasteiger partial charge in [-0.2, -0.15) is 0 Å². The molecule has 1 unspecified atom stereocenters. The molecule has 0 amide bonds. The smallest absolute Gasteiger partial charge is 0.145 e. The first-order valence-electron chi connectivity index (χ1n) is 3.51. The molecule has 0 saturated carbocycles. The molecule has 58 valence electrons.